The quantitative estimate of drug-likeness (QED) is 0.384. The summed E-state index contributed by atoms with van der Waals surface area (Å²) < 4.78 is 14.3. The third-order valence-corrected chi connectivity index (χ3v) is 5.39. The Hall–Kier alpha value is -4.05. The van der Waals surface area contributed by atoms with Gasteiger partial charge in [-0.05, 0) is 56.7 Å². The molecule has 0 bridgehead atoms. The molecule has 0 saturated carbocycles. The summed E-state index contributed by atoms with van der Waals surface area (Å²) in [6.07, 6.45) is 1.57. The van der Waals surface area contributed by atoms with E-state index in [1.807, 2.05) is 26.8 Å². The fourth-order valence-electron chi connectivity index (χ4n) is 3.48. The molecule has 2 aromatic heterocycles. The summed E-state index contributed by atoms with van der Waals surface area (Å²) in [7, 11) is 1.53. The summed E-state index contributed by atoms with van der Waals surface area (Å²) in [5.41, 5.74) is 1.97. The molecule has 2 amide bonds. The summed E-state index contributed by atoms with van der Waals surface area (Å²) in [6, 6.07) is 11.2. The second-order valence-corrected chi connectivity index (χ2v) is 8.56. The van der Waals surface area contributed by atoms with Crippen molar-refractivity contribution in [2.24, 2.45) is 0 Å². The molecule has 0 unspecified atom stereocenters. The van der Waals surface area contributed by atoms with Gasteiger partial charge in [0.2, 0.25) is 0 Å². The van der Waals surface area contributed by atoms with Gasteiger partial charge in [0.05, 0.1) is 24.2 Å². The number of carbonyl (C=O) groups excluding carboxylic acids is 1. The standard InChI is InChI=1S/C24H25ClN6O4/c1-14(2)30-13-26-23-27-17(11-22(32)31(23)30)12-35-21-8-6-16(25)10-19(21)29-24(33)28-18-9-15(3)5-7-20(18)34-4/h5-11,13-14H,12H2,1-4H3,(H2,28,29,33). The highest BCUT2D eigenvalue weighted by Gasteiger charge is 2.14. The van der Waals surface area contributed by atoms with Crippen molar-refractivity contribution in [2.75, 3.05) is 17.7 Å². The van der Waals surface area contributed by atoms with E-state index < -0.39 is 6.03 Å². The number of benzene rings is 2. The molecule has 0 atom stereocenters. The molecule has 2 aromatic carbocycles. The van der Waals surface area contributed by atoms with Crippen molar-refractivity contribution in [3.63, 3.8) is 0 Å². The zero-order valence-corrected chi connectivity index (χ0v) is 20.5. The number of anilines is 2. The van der Waals surface area contributed by atoms with Crippen LogP contribution in [0.25, 0.3) is 5.78 Å². The number of urea groups is 1. The average molecular weight is 497 g/mol. The van der Waals surface area contributed by atoms with Crippen LogP contribution in [0.3, 0.4) is 0 Å². The maximum absolute atomic E-state index is 12.7. The van der Waals surface area contributed by atoms with E-state index in [0.717, 1.165) is 5.56 Å². The van der Waals surface area contributed by atoms with Crippen LogP contribution in [0.2, 0.25) is 5.02 Å². The number of ether oxygens (including phenoxy) is 2. The third kappa shape index (κ3) is 5.38. The highest BCUT2D eigenvalue weighted by Crippen LogP contribution is 2.30. The van der Waals surface area contributed by atoms with E-state index in [1.54, 1.807) is 41.3 Å². The molecule has 35 heavy (non-hydrogen) atoms. The first-order valence-corrected chi connectivity index (χ1v) is 11.2. The van der Waals surface area contributed by atoms with Crippen molar-refractivity contribution in [3.05, 3.63) is 75.4 Å². The molecule has 0 fully saturated rings. The maximum Gasteiger partial charge on any atom is 0.323 e. The lowest BCUT2D eigenvalue weighted by Gasteiger charge is -2.15. The number of methoxy groups -OCH3 is 1. The molecular weight excluding hydrogens is 472 g/mol. The van der Waals surface area contributed by atoms with Crippen LogP contribution in [-0.2, 0) is 6.61 Å². The number of hydrogen-bond acceptors (Lipinski definition) is 6. The fourth-order valence-corrected chi connectivity index (χ4v) is 3.66. The molecule has 4 aromatic rings. The number of hydrogen-bond donors (Lipinski definition) is 2. The number of rotatable bonds is 7. The Morgan fingerprint density at radius 1 is 1.09 bits per heavy atom. The van der Waals surface area contributed by atoms with Crippen LogP contribution < -0.4 is 25.7 Å². The molecule has 0 radical (unpaired) electrons. The van der Waals surface area contributed by atoms with Gasteiger partial charge in [-0.1, -0.05) is 17.7 Å². The molecule has 0 spiro atoms. The Labute approximate surface area is 206 Å². The van der Waals surface area contributed by atoms with E-state index in [-0.39, 0.29) is 24.0 Å². The molecule has 11 heteroatoms. The van der Waals surface area contributed by atoms with Crippen molar-refractivity contribution in [1.82, 2.24) is 19.2 Å². The minimum absolute atomic E-state index is 0.0100. The van der Waals surface area contributed by atoms with Gasteiger partial charge < -0.3 is 20.1 Å². The van der Waals surface area contributed by atoms with Crippen molar-refractivity contribution in [2.45, 2.75) is 33.4 Å². The Morgan fingerprint density at radius 2 is 1.80 bits per heavy atom. The number of aryl methyl sites for hydroxylation is 1. The van der Waals surface area contributed by atoms with Gasteiger partial charge in [-0.3, -0.25) is 9.48 Å². The molecular formula is C24H25ClN6O4. The van der Waals surface area contributed by atoms with E-state index in [0.29, 0.717) is 33.6 Å². The molecule has 0 aliphatic rings. The van der Waals surface area contributed by atoms with Crippen LogP contribution >= 0.6 is 11.6 Å². The number of nitrogens with zero attached hydrogens (tertiary/aromatic N) is 4. The summed E-state index contributed by atoms with van der Waals surface area (Å²) in [4.78, 5) is 33.9. The minimum atomic E-state index is -0.502. The van der Waals surface area contributed by atoms with Gasteiger partial charge in [-0.2, -0.15) is 9.50 Å². The van der Waals surface area contributed by atoms with Crippen LogP contribution in [0, 0.1) is 6.92 Å². The molecule has 2 N–H and O–H groups in total. The predicted molar refractivity (Wildman–Crippen MR) is 134 cm³/mol. The fraction of sp³-hybridized carbons (Fsp3) is 0.250. The van der Waals surface area contributed by atoms with E-state index in [2.05, 4.69) is 20.6 Å². The van der Waals surface area contributed by atoms with Gasteiger partial charge >= 0.3 is 6.03 Å². The predicted octanol–water partition coefficient (Wildman–Crippen LogP) is 4.67. The second-order valence-electron chi connectivity index (χ2n) is 8.13. The number of fused-ring (bicyclic) bond motifs is 1. The van der Waals surface area contributed by atoms with E-state index in [1.165, 1.54) is 17.7 Å². The first-order chi connectivity index (χ1) is 16.7. The lowest BCUT2D eigenvalue weighted by atomic mass is 10.2. The summed E-state index contributed by atoms with van der Waals surface area (Å²) in [5.74, 6) is 1.17. The first-order valence-electron chi connectivity index (χ1n) is 10.9. The molecule has 0 aliphatic carbocycles. The lowest BCUT2D eigenvalue weighted by Crippen LogP contribution is -2.23. The van der Waals surface area contributed by atoms with Crippen molar-refractivity contribution in [1.29, 1.82) is 0 Å². The topological polar surface area (TPSA) is 112 Å². The van der Waals surface area contributed by atoms with E-state index in [9.17, 15) is 9.59 Å². The Balaban J connectivity index is 1.52. The normalized spacial score (nSPS) is 11.0. The van der Waals surface area contributed by atoms with Crippen LogP contribution in [0.4, 0.5) is 16.2 Å². The number of nitrogens with one attached hydrogen (secondary N) is 2. The molecule has 0 saturated heterocycles. The highest BCUT2D eigenvalue weighted by molar-refractivity contribution is 6.31. The Bertz CT molecular complexity index is 1450. The lowest BCUT2D eigenvalue weighted by molar-refractivity contribution is 0.261. The first kappa shape index (κ1) is 24.1. The van der Waals surface area contributed by atoms with Crippen molar-refractivity contribution >= 4 is 34.8 Å². The van der Waals surface area contributed by atoms with Crippen LogP contribution in [-0.4, -0.2) is 32.3 Å². The SMILES string of the molecule is COc1ccc(C)cc1NC(=O)Nc1cc(Cl)ccc1OCc1cc(=O)n2c(ncn2C(C)C)n1. The van der Waals surface area contributed by atoms with Crippen molar-refractivity contribution in [3.8, 4) is 11.5 Å². The van der Waals surface area contributed by atoms with E-state index >= 15 is 0 Å². The number of carbonyl (C=O) groups is 1. The smallest absolute Gasteiger partial charge is 0.323 e. The minimum Gasteiger partial charge on any atom is -0.495 e. The summed E-state index contributed by atoms with van der Waals surface area (Å²) in [6.45, 7) is 5.80. The Kier molecular flexibility index (Phi) is 6.92. The van der Waals surface area contributed by atoms with E-state index in [4.69, 9.17) is 21.1 Å². The molecule has 10 nitrogen and oxygen atoms in total. The zero-order valence-electron chi connectivity index (χ0n) is 19.7. The van der Waals surface area contributed by atoms with Crippen LogP contribution in [0.5, 0.6) is 11.5 Å². The van der Waals surface area contributed by atoms with Gasteiger partial charge in [0, 0.05) is 17.1 Å². The molecule has 182 valence electrons. The summed E-state index contributed by atoms with van der Waals surface area (Å²) >= 11 is 6.15. The number of aromatic nitrogens is 4. The summed E-state index contributed by atoms with van der Waals surface area (Å²) in [5, 5.41) is 5.93. The average Bonchev–Trinajstić information content (AvgIpc) is 3.24. The van der Waals surface area contributed by atoms with Gasteiger partial charge in [0.15, 0.2) is 0 Å². The van der Waals surface area contributed by atoms with Gasteiger partial charge in [0.1, 0.15) is 24.4 Å². The largest absolute Gasteiger partial charge is 0.495 e. The van der Waals surface area contributed by atoms with Gasteiger partial charge in [-0.15, -0.1) is 0 Å². The van der Waals surface area contributed by atoms with Gasteiger partial charge in [0.25, 0.3) is 11.3 Å². The second kappa shape index (κ2) is 10.1. The van der Waals surface area contributed by atoms with Crippen LogP contribution in [0.15, 0.2) is 53.6 Å². The monoisotopic (exact) mass is 496 g/mol. The third-order valence-electron chi connectivity index (χ3n) is 5.15. The van der Waals surface area contributed by atoms with Crippen LogP contribution in [0.1, 0.15) is 31.1 Å². The zero-order chi connectivity index (χ0) is 25.1. The number of halogens is 1. The highest BCUT2D eigenvalue weighted by atomic mass is 35.5. The van der Waals surface area contributed by atoms with Gasteiger partial charge in [-0.25, -0.2) is 9.78 Å². The molecule has 4 rings (SSSR count). The molecule has 2 heterocycles. The Morgan fingerprint density at radius 3 is 2.51 bits per heavy atom. The maximum atomic E-state index is 12.7. The van der Waals surface area contributed by atoms with Crippen molar-refractivity contribution < 1.29 is 14.3 Å². The molecule has 0 aliphatic heterocycles. The number of amides is 2.